The number of aliphatic hydroxyl groups is 1. The largest absolute Gasteiger partial charge is 0.486 e. The van der Waals surface area contributed by atoms with Gasteiger partial charge in [-0.2, -0.15) is 5.26 Å². The van der Waals surface area contributed by atoms with Gasteiger partial charge >= 0.3 is 0 Å². The minimum Gasteiger partial charge on any atom is -0.486 e. The summed E-state index contributed by atoms with van der Waals surface area (Å²) in [5, 5.41) is 27.3. The second-order valence-electron chi connectivity index (χ2n) is 8.65. The van der Waals surface area contributed by atoms with Crippen LogP contribution in [0.25, 0.3) is 10.9 Å². The van der Waals surface area contributed by atoms with Crippen LogP contribution in [-0.2, 0) is 11.3 Å². The Morgan fingerprint density at radius 1 is 1.18 bits per heavy atom. The molecule has 1 aromatic carbocycles. The third-order valence-electron chi connectivity index (χ3n) is 6.38. The summed E-state index contributed by atoms with van der Waals surface area (Å²) in [6.45, 7) is 1.62. The molecule has 2 aliphatic rings. The summed E-state index contributed by atoms with van der Waals surface area (Å²) >= 11 is 0. The fourth-order valence-electron chi connectivity index (χ4n) is 4.41. The number of nitriles is 1. The molecule has 1 aliphatic carbocycles. The van der Waals surface area contributed by atoms with Gasteiger partial charge in [-0.3, -0.25) is 9.78 Å². The van der Waals surface area contributed by atoms with E-state index in [1.807, 2.05) is 24.3 Å². The zero-order valence-corrected chi connectivity index (χ0v) is 18.6. The third kappa shape index (κ3) is 4.51. The first kappa shape index (κ1) is 22.1. The highest BCUT2D eigenvalue weighted by molar-refractivity contribution is 6.03. The number of nitrogens with one attached hydrogen (secondary N) is 2. The van der Waals surface area contributed by atoms with E-state index in [-0.39, 0.29) is 11.7 Å². The molecule has 2 aromatic heterocycles. The Balaban J connectivity index is 1.19. The molecular weight excluding hydrogens is 434 g/mol. The van der Waals surface area contributed by atoms with Crippen molar-refractivity contribution in [3.8, 4) is 17.6 Å². The monoisotopic (exact) mass is 459 g/mol. The molecule has 3 N–H and O–H groups in total. The predicted octanol–water partition coefficient (Wildman–Crippen LogP) is 2.67. The summed E-state index contributed by atoms with van der Waals surface area (Å²) in [5.74, 6) is 0.919. The summed E-state index contributed by atoms with van der Waals surface area (Å²) in [5.41, 5.74) is 0.677. The van der Waals surface area contributed by atoms with E-state index < -0.39 is 11.5 Å². The Hall–Kier alpha value is -3.74. The molecule has 1 amide bonds. The first-order valence-electron chi connectivity index (χ1n) is 11.4. The number of ether oxygens (including phenoxy) is 2. The molecule has 1 aliphatic heterocycles. The topological polar surface area (TPSA) is 129 Å². The molecule has 9 nitrogen and oxygen atoms in total. The van der Waals surface area contributed by atoms with Gasteiger partial charge in [0.2, 0.25) is 0 Å². The highest BCUT2D eigenvalue weighted by Gasteiger charge is 2.40. The van der Waals surface area contributed by atoms with E-state index in [4.69, 9.17) is 14.7 Å². The summed E-state index contributed by atoms with van der Waals surface area (Å²) in [6, 6.07) is 12.9. The normalized spacial score (nSPS) is 21.6. The molecule has 3 heterocycles. The molecular formula is C25H25N5O4. The van der Waals surface area contributed by atoms with E-state index in [9.17, 15) is 9.90 Å². The van der Waals surface area contributed by atoms with Crippen LogP contribution >= 0.6 is 0 Å². The number of hydrogen-bond donors (Lipinski definition) is 3. The minimum atomic E-state index is -1.46. The van der Waals surface area contributed by atoms with Crippen LogP contribution in [0.5, 0.6) is 11.5 Å². The van der Waals surface area contributed by atoms with E-state index in [2.05, 4.69) is 20.6 Å². The number of pyridine rings is 2. The van der Waals surface area contributed by atoms with E-state index in [1.165, 1.54) is 0 Å². The zero-order chi connectivity index (χ0) is 23.5. The SMILES string of the molecule is N#Cc1ccc2cccc(NC(=O)[C@]3(O)CC[C@@H](NCc4cc5c(cn4)OCCO5)CC3)c2n1. The fourth-order valence-corrected chi connectivity index (χ4v) is 4.41. The van der Waals surface area contributed by atoms with Gasteiger partial charge in [0.15, 0.2) is 11.5 Å². The molecule has 9 heteroatoms. The van der Waals surface area contributed by atoms with E-state index in [0.29, 0.717) is 68.1 Å². The van der Waals surface area contributed by atoms with Crippen molar-refractivity contribution < 1.29 is 19.4 Å². The quantitative estimate of drug-likeness (QED) is 0.531. The highest BCUT2D eigenvalue weighted by Crippen LogP contribution is 2.32. The average Bonchev–Trinajstić information content (AvgIpc) is 2.88. The van der Waals surface area contributed by atoms with Crippen molar-refractivity contribution in [3.05, 3.63) is 54.0 Å². The number of aromatic nitrogens is 2. The van der Waals surface area contributed by atoms with Crippen LogP contribution in [0.1, 0.15) is 37.1 Å². The Morgan fingerprint density at radius 3 is 2.76 bits per heavy atom. The lowest BCUT2D eigenvalue weighted by Gasteiger charge is -2.35. The minimum absolute atomic E-state index is 0.167. The molecule has 0 saturated heterocycles. The van der Waals surface area contributed by atoms with Crippen molar-refractivity contribution in [3.63, 3.8) is 0 Å². The lowest BCUT2D eigenvalue weighted by Crippen LogP contribution is -2.48. The average molecular weight is 460 g/mol. The molecule has 174 valence electrons. The molecule has 5 rings (SSSR count). The number of benzene rings is 1. The summed E-state index contributed by atoms with van der Waals surface area (Å²) in [7, 11) is 0. The number of anilines is 1. The summed E-state index contributed by atoms with van der Waals surface area (Å²) in [6.07, 6.45) is 3.66. The number of para-hydroxylation sites is 1. The van der Waals surface area contributed by atoms with Crippen LogP contribution in [0.2, 0.25) is 0 Å². The standard InChI is InChI=1S/C25H25N5O4/c26-13-18-5-4-16-2-1-3-20(23(16)29-18)30-24(31)25(32)8-6-17(7-9-25)27-14-19-12-21-22(15-28-19)34-11-10-33-21/h1-5,12,15,17,27,32H,6-11,14H2,(H,30,31)/t17-,25+. The predicted molar refractivity (Wildman–Crippen MR) is 124 cm³/mol. The maximum Gasteiger partial charge on any atom is 0.256 e. The van der Waals surface area contributed by atoms with Crippen molar-refractivity contribution in [2.75, 3.05) is 18.5 Å². The smallest absolute Gasteiger partial charge is 0.256 e. The maximum atomic E-state index is 13.0. The lowest BCUT2D eigenvalue weighted by atomic mass is 9.81. The fraction of sp³-hybridized carbons (Fsp3) is 0.360. The Bertz CT molecular complexity index is 1260. The highest BCUT2D eigenvalue weighted by atomic mass is 16.6. The van der Waals surface area contributed by atoms with Gasteiger partial charge in [-0.05, 0) is 43.9 Å². The van der Waals surface area contributed by atoms with Crippen LogP contribution in [0.3, 0.4) is 0 Å². The van der Waals surface area contributed by atoms with Crippen LogP contribution in [-0.4, -0.2) is 45.8 Å². The van der Waals surface area contributed by atoms with Crippen molar-refractivity contribution in [2.45, 2.75) is 43.9 Å². The van der Waals surface area contributed by atoms with Gasteiger partial charge in [-0.15, -0.1) is 0 Å². The molecule has 0 bridgehead atoms. The van der Waals surface area contributed by atoms with Gasteiger partial charge in [0.05, 0.1) is 23.1 Å². The summed E-state index contributed by atoms with van der Waals surface area (Å²) < 4.78 is 11.1. The van der Waals surface area contributed by atoms with Gasteiger partial charge in [0.25, 0.3) is 5.91 Å². The van der Waals surface area contributed by atoms with Crippen molar-refractivity contribution in [2.24, 2.45) is 0 Å². The third-order valence-corrected chi connectivity index (χ3v) is 6.38. The van der Waals surface area contributed by atoms with E-state index in [0.717, 1.165) is 11.1 Å². The molecule has 0 radical (unpaired) electrons. The summed E-state index contributed by atoms with van der Waals surface area (Å²) in [4.78, 5) is 21.7. The van der Waals surface area contributed by atoms with E-state index >= 15 is 0 Å². The van der Waals surface area contributed by atoms with Gasteiger partial charge in [0.1, 0.15) is 30.6 Å². The van der Waals surface area contributed by atoms with Crippen molar-refractivity contribution >= 4 is 22.5 Å². The first-order chi connectivity index (χ1) is 16.5. The second kappa shape index (κ2) is 9.25. The molecule has 1 saturated carbocycles. The van der Waals surface area contributed by atoms with Crippen LogP contribution < -0.4 is 20.1 Å². The van der Waals surface area contributed by atoms with Gasteiger partial charge in [-0.25, -0.2) is 4.98 Å². The number of amides is 1. The van der Waals surface area contributed by atoms with Crippen LogP contribution in [0.4, 0.5) is 5.69 Å². The first-order valence-corrected chi connectivity index (χ1v) is 11.4. The number of carbonyl (C=O) groups is 1. The number of rotatable bonds is 5. The van der Waals surface area contributed by atoms with Crippen molar-refractivity contribution in [1.82, 2.24) is 15.3 Å². The lowest BCUT2D eigenvalue weighted by molar-refractivity contribution is -0.137. The van der Waals surface area contributed by atoms with Gasteiger partial charge < -0.3 is 25.2 Å². The van der Waals surface area contributed by atoms with Crippen molar-refractivity contribution in [1.29, 1.82) is 5.26 Å². The molecule has 0 unspecified atom stereocenters. The maximum absolute atomic E-state index is 13.0. The van der Waals surface area contributed by atoms with Crippen LogP contribution in [0.15, 0.2) is 42.6 Å². The number of fused-ring (bicyclic) bond motifs is 2. The Kier molecular flexibility index (Phi) is 6.01. The van der Waals surface area contributed by atoms with Gasteiger partial charge in [-0.1, -0.05) is 12.1 Å². The molecule has 1 fully saturated rings. The Morgan fingerprint density at radius 2 is 1.97 bits per heavy atom. The number of nitrogens with zero attached hydrogens (tertiary/aromatic N) is 3. The number of carbonyl (C=O) groups excluding carboxylic acids is 1. The van der Waals surface area contributed by atoms with E-state index in [1.54, 1.807) is 24.4 Å². The molecule has 34 heavy (non-hydrogen) atoms. The van der Waals surface area contributed by atoms with Gasteiger partial charge in [0, 0.05) is 24.0 Å². The number of hydrogen-bond acceptors (Lipinski definition) is 8. The molecule has 3 aromatic rings. The zero-order valence-electron chi connectivity index (χ0n) is 18.6. The molecule has 0 atom stereocenters. The van der Waals surface area contributed by atoms with Crippen LogP contribution in [0, 0.1) is 11.3 Å². The Labute approximate surface area is 196 Å². The second-order valence-corrected chi connectivity index (χ2v) is 8.65. The molecule has 0 spiro atoms.